The molecule has 0 unspecified atom stereocenters. The van der Waals surface area contributed by atoms with Gasteiger partial charge in [0.2, 0.25) is 0 Å². The van der Waals surface area contributed by atoms with Crippen LogP contribution >= 0.6 is 11.3 Å². The minimum absolute atomic E-state index is 0.802. The maximum Gasteiger partial charge on any atom is 0.146 e. The van der Waals surface area contributed by atoms with E-state index in [9.17, 15) is 0 Å². The molecule has 0 N–H and O–H groups in total. The van der Waals surface area contributed by atoms with E-state index in [1.165, 1.54) is 24.0 Å². The second kappa shape index (κ2) is 5.85. The van der Waals surface area contributed by atoms with Gasteiger partial charge in [-0.05, 0) is 18.6 Å². The number of aromatic nitrogens is 1. The summed E-state index contributed by atoms with van der Waals surface area (Å²) < 4.78 is 6.97. The van der Waals surface area contributed by atoms with Crippen LogP contribution in [0.15, 0.2) is 23.7 Å². The molecule has 0 saturated heterocycles. The van der Waals surface area contributed by atoms with Gasteiger partial charge in [0, 0.05) is 0 Å². The molecule has 16 heavy (non-hydrogen) atoms. The van der Waals surface area contributed by atoms with Crippen molar-refractivity contribution in [2.75, 3.05) is 6.61 Å². The lowest BCUT2D eigenvalue weighted by molar-refractivity contribution is 0.308. The molecule has 3 heteroatoms. The van der Waals surface area contributed by atoms with Gasteiger partial charge in [0.15, 0.2) is 0 Å². The quantitative estimate of drug-likeness (QED) is 0.698. The number of hydrogen-bond donors (Lipinski definition) is 0. The number of fused-ring (bicyclic) bond motifs is 1. The molecule has 0 amide bonds. The van der Waals surface area contributed by atoms with Crippen molar-refractivity contribution in [1.29, 1.82) is 0 Å². The number of ether oxygens (including phenoxy) is 1. The van der Waals surface area contributed by atoms with Gasteiger partial charge in [0.05, 0.1) is 16.8 Å². The fourth-order valence-electron chi connectivity index (χ4n) is 1.69. The molecular formula is C13H17NOS. The summed E-state index contributed by atoms with van der Waals surface area (Å²) >= 11 is 1.66. The predicted molar refractivity (Wildman–Crippen MR) is 69.3 cm³/mol. The van der Waals surface area contributed by atoms with Gasteiger partial charge in [-0.1, -0.05) is 32.3 Å². The molecule has 2 aromatic rings. The molecule has 1 heterocycles. The summed E-state index contributed by atoms with van der Waals surface area (Å²) in [4.78, 5) is 4.33. The van der Waals surface area contributed by atoms with Crippen LogP contribution in [0, 0.1) is 0 Å². The third-order valence-electron chi connectivity index (χ3n) is 2.58. The second-order valence-corrected chi connectivity index (χ2v) is 4.75. The van der Waals surface area contributed by atoms with Crippen molar-refractivity contribution in [3.8, 4) is 5.75 Å². The molecule has 86 valence electrons. The molecule has 0 radical (unpaired) electrons. The third kappa shape index (κ3) is 2.73. The molecule has 0 aliphatic rings. The highest BCUT2D eigenvalue weighted by atomic mass is 32.1. The van der Waals surface area contributed by atoms with Gasteiger partial charge in [-0.15, -0.1) is 11.3 Å². The monoisotopic (exact) mass is 235 g/mol. The van der Waals surface area contributed by atoms with E-state index in [-0.39, 0.29) is 0 Å². The van der Waals surface area contributed by atoms with Crippen LogP contribution in [-0.2, 0) is 0 Å². The molecule has 2 nitrogen and oxygen atoms in total. The minimum atomic E-state index is 0.802. The summed E-state index contributed by atoms with van der Waals surface area (Å²) in [6.45, 7) is 3.02. The Kier molecular flexibility index (Phi) is 4.17. The van der Waals surface area contributed by atoms with Crippen molar-refractivity contribution in [2.45, 2.75) is 32.6 Å². The highest BCUT2D eigenvalue weighted by molar-refractivity contribution is 7.16. The number of nitrogens with zero attached hydrogens (tertiary/aromatic N) is 1. The average Bonchev–Trinajstić information content (AvgIpc) is 2.77. The van der Waals surface area contributed by atoms with E-state index in [1.807, 2.05) is 17.6 Å². The lowest BCUT2D eigenvalue weighted by atomic mass is 10.2. The van der Waals surface area contributed by atoms with Crippen molar-refractivity contribution >= 4 is 21.6 Å². The minimum Gasteiger partial charge on any atom is -0.491 e. The topological polar surface area (TPSA) is 22.1 Å². The van der Waals surface area contributed by atoms with Crippen LogP contribution < -0.4 is 4.74 Å². The Labute approximate surface area is 100 Å². The Hall–Kier alpha value is -1.09. The van der Waals surface area contributed by atoms with E-state index in [4.69, 9.17) is 4.74 Å². The normalized spacial score (nSPS) is 10.8. The number of hydrogen-bond acceptors (Lipinski definition) is 3. The Morgan fingerprint density at radius 3 is 3.06 bits per heavy atom. The van der Waals surface area contributed by atoms with Crippen LogP contribution in [0.5, 0.6) is 5.75 Å². The van der Waals surface area contributed by atoms with Gasteiger partial charge in [-0.2, -0.15) is 0 Å². The molecule has 0 aliphatic carbocycles. The molecule has 0 aliphatic heterocycles. The van der Waals surface area contributed by atoms with Gasteiger partial charge in [0.25, 0.3) is 0 Å². The van der Waals surface area contributed by atoms with Gasteiger partial charge < -0.3 is 4.74 Å². The van der Waals surface area contributed by atoms with Gasteiger partial charge in [-0.25, -0.2) is 4.98 Å². The molecule has 0 fully saturated rings. The number of benzene rings is 1. The molecule has 0 atom stereocenters. The summed E-state index contributed by atoms with van der Waals surface area (Å²) in [6, 6.07) is 6.11. The number of rotatable bonds is 6. The summed E-state index contributed by atoms with van der Waals surface area (Å²) in [5, 5.41) is 0. The molecular weight excluding hydrogens is 218 g/mol. The first-order valence-electron chi connectivity index (χ1n) is 5.87. The van der Waals surface area contributed by atoms with E-state index in [1.54, 1.807) is 11.3 Å². The van der Waals surface area contributed by atoms with Gasteiger partial charge in [0.1, 0.15) is 11.3 Å². The smallest absolute Gasteiger partial charge is 0.146 e. The lowest BCUT2D eigenvalue weighted by Crippen LogP contribution is -1.97. The molecule has 0 spiro atoms. The number of unbranched alkanes of at least 4 members (excludes halogenated alkanes) is 3. The third-order valence-corrected chi connectivity index (χ3v) is 3.37. The van der Waals surface area contributed by atoms with Gasteiger partial charge in [-0.3, -0.25) is 0 Å². The first-order chi connectivity index (χ1) is 7.92. The van der Waals surface area contributed by atoms with Crippen molar-refractivity contribution in [3.05, 3.63) is 23.7 Å². The van der Waals surface area contributed by atoms with E-state index in [2.05, 4.69) is 18.0 Å². The average molecular weight is 235 g/mol. The zero-order valence-electron chi connectivity index (χ0n) is 9.61. The zero-order valence-corrected chi connectivity index (χ0v) is 10.4. The van der Waals surface area contributed by atoms with Crippen LogP contribution in [0.1, 0.15) is 32.6 Å². The SMILES string of the molecule is CCCCCCOc1cccc2scnc12. The van der Waals surface area contributed by atoms with Crippen molar-refractivity contribution < 1.29 is 4.74 Å². The van der Waals surface area contributed by atoms with Crippen LogP contribution in [-0.4, -0.2) is 11.6 Å². The standard InChI is InChI=1S/C13H17NOS/c1-2-3-4-5-9-15-11-7-6-8-12-13(11)14-10-16-12/h6-8,10H,2-5,9H2,1H3. The summed E-state index contributed by atoms with van der Waals surface area (Å²) in [5.41, 5.74) is 2.87. The maximum absolute atomic E-state index is 5.77. The van der Waals surface area contributed by atoms with E-state index >= 15 is 0 Å². The van der Waals surface area contributed by atoms with Gasteiger partial charge >= 0.3 is 0 Å². The highest BCUT2D eigenvalue weighted by Gasteiger charge is 2.03. The zero-order chi connectivity index (χ0) is 11.2. The van der Waals surface area contributed by atoms with Crippen molar-refractivity contribution in [2.24, 2.45) is 0 Å². The maximum atomic E-state index is 5.77. The number of thiazole rings is 1. The second-order valence-electron chi connectivity index (χ2n) is 3.86. The Balaban J connectivity index is 1.91. The fourth-order valence-corrected chi connectivity index (χ4v) is 2.38. The van der Waals surface area contributed by atoms with Crippen LogP contribution in [0.4, 0.5) is 0 Å². The largest absolute Gasteiger partial charge is 0.491 e. The Bertz CT molecular complexity index is 438. The Morgan fingerprint density at radius 2 is 2.19 bits per heavy atom. The summed E-state index contributed by atoms with van der Waals surface area (Å²) in [7, 11) is 0. The molecule has 0 bridgehead atoms. The Morgan fingerprint density at radius 1 is 1.25 bits per heavy atom. The molecule has 0 saturated carbocycles. The lowest BCUT2D eigenvalue weighted by Gasteiger charge is -2.06. The molecule has 1 aromatic carbocycles. The van der Waals surface area contributed by atoms with Crippen molar-refractivity contribution in [3.63, 3.8) is 0 Å². The predicted octanol–water partition coefficient (Wildman–Crippen LogP) is 4.26. The first-order valence-corrected chi connectivity index (χ1v) is 6.75. The van der Waals surface area contributed by atoms with Crippen LogP contribution in [0.2, 0.25) is 0 Å². The van der Waals surface area contributed by atoms with E-state index in [0.29, 0.717) is 0 Å². The highest BCUT2D eigenvalue weighted by Crippen LogP contribution is 2.26. The first kappa shape index (κ1) is 11.4. The fraction of sp³-hybridized carbons (Fsp3) is 0.462. The van der Waals surface area contributed by atoms with Crippen LogP contribution in [0.25, 0.3) is 10.2 Å². The number of para-hydroxylation sites is 1. The van der Waals surface area contributed by atoms with Crippen molar-refractivity contribution in [1.82, 2.24) is 4.98 Å². The summed E-state index contributed by atoms with van der Waals surface area (Å²) in [5.74, 6) is 0.926. The molecule has 2 rings (SSSR count). The van der Waals surface area contributed by atoms with Crippen LogP contribution in [0.3, 0.4) is 0 Å². The van der Waals surface area contributed by atoms with E-state index in [0.717, 1.165) is 24.3 Å². The molecule has 1 aromatic heterocycles. The van der Waals surface area contributed by atoms with E-state index < -0.39 is 0 Å². The summed E-state index contributed by atoms with van der Waals surface area (Å²) in [6.07, 6.45) is 4.95.